The zero-order valence-corrected chi connectivity index (χ0v) is 15.1. The lowest BCUT2D eigenvalue weighted by molar-refractivity contribution is -0.130. The van der Waals surface area contributed by atoms with Gasteiger partial charge in [-0.3, -0.25) is 4.79 Å². The SMILES string of the molecule is CC(C)C1OCCC1CNC(=O)C1(c2cccc(F)c2)CCOCC1. The maximum atomic E-state index is 13.7. The molecular weight excluding hydrogens is 321 g/mol. The lowest BCUT2D eigenvalue weighted by Crippen LogP contribution is -2.49. The topological polar surface area (TPSA) is 47.6 Å². The molecule has 138 valence electrons. The quantitative estimate of drug-likeness (QED) is 0.889. The molecule has 0 aromatic heterocycles. The first kappa shape index (κ1) is 18.3. The van der Waals surface area contributed by atoms with Crippen LogP contribution in [-0.4, -0.2) is 38.4 Å². The molecule has 2 atom stereocenters. The number of hydrogen-bond donors (Lipinski definition) is 1. The minimum absolute atomic E-state index is 0.0178. The number of nitrogens with one attached hydrogen (secondary N) is 1. The maximum Gasteiger partial charge on any atom is 0.230 e. The van der Waals surface area contributed by atoms with Gasteiger partial charge in [0.1, 0.15) is 5.82 Å². The fraction of sp³-hybridized carbons (Fsp3) is 0.650. The van der Waals surface area contributed by atoms with Gasteiger partial charge in [0, 0.05) is 32.3 Å². The lowest BCUT2D eigenvalue weighted by Gasteiger charge is -2.36. The van der Waals surface area contributed by atoms with Crippen molar-refractivity contribution >= 4 is 5.91 Å². The van der Waals surface area contributed by atoms with Crippen molar-refractivity contribution in [3.05, 3.63) is 35.6 Å². The van der Waals surface area contributed by atoms with Crippen LogP contribution in [-0.2, 0) is 19.7 Å². The Bertz CT molecular complexity index is 598. The van der Waals surface area contributed by atoms with Crippen LogP contribution in [0.2, 0.25) is 0 Å². The molecule has 0 spiro atoms. The molecule has 2 fully saturated rings. The Kier molecular flexibility index (Phi) is 5.74. The first-order chi connectivity index (χ1) is 12.0. The van der Waals surface area contributed by atoms with Crippen LogP contribution < -0.4 is 5.32 Å². The molecule has 0 saturated carbocycles. The average Bonchev–Trinajstić information content (AvgIpc) is 3.09. The van der Waals surface area contributed by atoms with Crippen LogP contribution in [0.25, 0.3) is 0 Å². The van der Waals surface area contributed by atoms with Gasteiger partial charge in [-0.05, 0) is 42.9 Å². The van der Waals surface area contributed by atoms with E-state index < -0.39 is 5.41 Å². The molecular formula is C20H28FNO3. The second-order valence-electron chi connectivity index (χ2n) is 7.54. The number of amides is 1. The van der Waals surface area contributed by atoms with E-state index in [4.69, 9.17) is 9.47 Å². The molecule has 0 radical (unpaired) electrons. The third-order valence-corrected chi connectivity index (χ3v) is 5.60. The summed E-state index contributed by atoms with van der Waals surface area (Å²) >= 11 is 0. The Morgan fingerprint density at radius 2 is 2.08 bits per heavy atom. The van der Waals surface area contributed by atoms with Gasteiger partial charge in [-0.1, -0.05) is 26.0 Å². The number of hydrogen-bond acceptors (Lipinski definition) is 3. The summed E-state index contributed by atoms with van der Waals surface area (Å²) in [6.07, 6.45) is 2.33. The Morgan fingerprint density at radius 1 is 1.32 bits per heavy atom. The molecule has 2 aliphatic rings. The molecule has 0 aliphatic carbocycles. The normalized spacial score (nSPS) is 25.9. The summed E-state index contributed by atoms with van der Waals surface area (Å²) < 4.78 is 25.0. The van der Waals surface area contributed by atoms with E-state index in [1.165, 1.54) is 12.1 Å². The van der Waals surface area contributed by atoms with Crippen molar-refractivity contribution in [3.8, 4) is 0 Å². The second-order valence-corrected chi connectivity index (χ2v) is 7.54. The highest BCUT2D eigenvalue weighted by Crippen LogP contribution is 2.36. The summed E-state index contributed by atoms with van der Waals surface area (Å²) in [5.74, 6) is 0.453. The minimum Gasteiger partial charge on any atom is -0.381 e. The van der Waals surface area contributed by atoms with Crippen molar-refractivity contribution in [1.29, 1.82) is 0 Å². The van der Waals surface area contributed by atoms with Crippen LogP contribution in [0.1, 0.15) is 38.7 Å². The number of carbonyl (C=O) groups is 1. The van der Waals surface area contributed by atoms with Gasteiger partial charge in [-0.2, -0.15) is 0 Å². The minimum atomic E-state index is -0.701. The fourth-order valence-corrected chi connectivity index (χ4v) is 4.16. The second kappa shape index (κ2) is 7.83. The highest BCUT2D eigenvalue weighted by Gasteiger charge is 2.42. The summed E-state index contributed by atoms with van der Waals surface area (Å²) in [4.78, 5) is 13.1. The van der Waals surface area contributed by atoms with E-state index in [-0.39, 0.29) is 17.8 Å². The van der Waals surface area contributed by atoms with Gasteiger partial charge >= 0.3 is 0 Å². The van der Waals surface area contributed by atoms with Crippen molar-refractivity contribution in [2.45, 2.75) is 44.6 Å². The molecule has 4 nitrogen and oxygen atoms in total. The zero-order chi connectivity index (χ0) is 17.9. The molecule has 5 heteroatoms. The number of carbonyl (C=O) groups excluding carboxylic acids is 1. The van der Waals surface area contributed by atoms with Gasteiger partial charge in [-0.25, -0.2) is 4.39 Å². The molecule has 0 bridgehead atoms. The van der Waals surface area contributed by atoms with E-state index in [2.05, 4.69) is 19.2 Å². The van der Waals surface area contributed by atoms with E-state index in [0.717, 1.165) is 18.6 Å². The van der Waals surface area contributed by atoms with Gasteiger partial charge < -0.3 is 14.8 Å². The number of rotatable bonds is 5. The standard InChI is InChI=1S/C20H28FNO3/c1-14(2)18-15(6-9-25-18)13-22-19(23)20(7-10-24-11-8-20)16-4-3-5-17(21)12-16/h3-5,12,14-15,18H,6-11,13H2,1-2H3,(H,22,23). The van der Waals surface area contributed by atoms with E-state index >= 15 is 0 Å². The molecule has 2 heterocycles. The average molecular weight is 349 g/mol. The summed E-state index contributed by atoms with van der Waals surface area (Å²) in [5.41, 5.74) is 0.0454. The highest BCUT2D eigenvalue weighted by atomic mass is 19.1. The van der Waals surface area contributed by atoms with Crippen LogP contribution in [0.3, 0.4) is 0 Å². The Hall–Kier alpha value is -1.46. The highest BCUT2D eigenvalue weighted by molar-refractivity contribution is 5.88. The number of ether oxygens (including phenoxy) is 2. The third-order valence-electron chi connectivity index (χ3n) is 5.60. The van der Waals surface area contributed by atoms with Gasteiger partial charge in [0.2, 0.25) is 5.91 Å². The summed E-state index contributed by atoms with van der Waals surface area (Å²) in [6, 6.07) is 6.43. The lowest BCUT2D eigenvalue weighted by atomic mass is 9.73. The number of halogens is 1. The van der Waals surface area contributed by atoms with Crippen molar-refractivity contribution in [2.75, 3.05) is 26.4 Å². The Balaban J connectivity index is 1.74. The van der Waals surface area contributed by atoms with E-state index in [0.29, 0.717) is 44.4 Å². The predicted octanol–water partition coefficient (Wildman–Crippen LogP) is 3.05. The molecule has 1 aromatic rings. The van der Waals surface area contributed by atoms with Crippen molar-refractivity contribution < 1.29 is 18.7 Å². The number of benzene rings is 1. The van der Waals surface area contributed by atoms with E-state index in [1.54, 1.807) is 6.07 Å². The summed E-state index contributed by atoms with van der Waals surface area (Å²) in [7, 11) is 0. The predicted molar refractivity (Wildman–Crippen MR) is 93.8 cm³/mol. The molecule has 3 rings (SSSR count). The maximum absolute atomic E-state index is 13.7. The largest absolute Gasteiger partial charge is 0.381 e. The molecule has 25 heavy (non-hydrogen) atoms. The molecule has 1 N–H and O–H groups in total. The zero-order valence-electron chi connectivity index (χ0n) is 15.1. The molecule has 2 aliphatic heterocycles. The van der Waals surface area contributed by atoms with Crippen molar-refractivity contribution in [3.63, 3.8) is 0 Å². The van der Waals surface area contributed by atoms with Gasteiger partial charge in [0.25, 0.3) is 0 Å². The van der Waals surface area contributed by atoms with Crippen molar-refractivity contribution in [2.24, 2.45) is 11.8 Å². The fourth-order valence-electron chi connectivity index (χ4n) is 4.16. The molecule has 1 aromatic carbocycles. The Morgan fingerprint density at radius 3 is 2.76 bits per heavy atom. The van der Waals surface area contributed by atoms with Crippen LogP contribution >= 0.6 is 0 Å². The van der Waals surface area contributed by atoms with Gasteiger partial charge in [-0.15, -0.1) is 0 Å². The van der Waals surface area contributed by atoms with Gasteiger partial charge in [0.05, 0.1) is 11.5 Å². The van der Waals surface area contributed by atoms with E-state index in [9.17, 15) is 9.18 Å². The van der Waals surface area contributed by atoms with E-state index in [1.807, 2.05) is 6.07 Å². The first-order valence-corrected chi connectivity index (χ1v) is 9.26. The third kappa shape index (κ3) is 3.87. The summed E-state index contributed by atoms with van der Waals surface area (Å²) in [5, 5.41) is 3.14. The van der Waals surface area contributed by atoms with Crippen LogP contribution in [0, 0.1) is 17.7 Å². The monoisotopic (exact) mass is 349 g/mol. The molecule has 2 unspecified atom stereocenters. The summed E-state index contributed by atoms with van der Waals surface area (Å²) in [6.45, 7) is 6.71. The van der Waals surface area contributed by atoms with Crippen LogP contribution in [0.15, 0.2) is 24.3 Å². The van der Waals surface area contributed by atoms with Crippen LogP contribution in [0.5, 0.6) is 0 Å². The first-order valence-electron chi connectivity index (χ1n) is 9.26. The van der Waals surface area contributed by atoms with Gasteiger partial charge in [0.15, 0.2) is 0 Å². The molecule has 2 saturated heterocycles. The molecule has 1 amide bonds. The van der Waals surface area contributed by atoms with Crippen LogP contribution in [0.4, 0.5) is 4.39 Å². The Labute approximate surface area is 149 Å². The van der Waals surface area contributed by atoms with Crippen molar-refractivity contribution in [1.82, 2.24) is 5.32 Å². The smallest absolute Gasteiger partial charge is 0.230 e.